The molecule has 0 saturated carbocycles. The first-order valence-electron chi connectivity index (χ1n) is 6.67. The third kappa shape index (κ3) is 2.64. The molecular formula is C17H16N2S. The van der Waals surface area contributed by atoms with Gasteiger partial charge in [0.05, 0.1) is 0 Å². The number of benzene rings is 2. The van der Waals surface area contributed by atoms with Gasteiger partial charge in [0, 0.05) is 17.1 Å². The lowest BCUT2D eigenvalue weighted by Gasteiger charge is -2.10. The zero-order valence-electron chi connectivity index (χ0n) is 11.1. The number of aromatic nitrogens is 1. The Morgan fingerprint density at radius 2 is 1.85 bits per heavy atom. The summed E-state index contributed by atoms with van der Waals surface area (Å²) in [6.45, 7) is 0.656. The lowest BCUT2D eigenvalue weighted by molar-refractivity contribution is 0.970. The van der Waals surface area contributed by atoms with Crippen LogP contribution in [-0.4, -0.2) is 11.5 Å². The highest BCUT2D eigenvalue weighted by Crippen LogP contribution is 2.31. The van der Waals surface area contributed by atoms with Crippen LogP contribution in [0.25, 0.3) is 21.7 Å². The maximum Gasteiger partial charge on any atom is 0.123 e. The topological polar surface area (TPSA) is 38.9 Å². The van der Waals surface area contributed by atoms with Gasteiger partial charge < -0.3 is 5.73 Å². The Labute approximate surface area is 122 Å². The molecule has 1 aromatic heterocycles. The fraction of sp³-hybridized carbons (Fsp3) is 0.118. The Morgan fingerprint density at radius 3 is 2.55 bits per heavy atom. The summed E-state index contributed by atoms with van der Waals surface area (Å²) in [5.74, 6) is 0. The van der Waals surface area contributed by atoms with Crippen molar-refractivity contribution in [2.24, 2.45) is 5.73 Å². The zero-order chi connectivity index (χ0) is 13.8. The Hall–Kier alpha value is -1.97. The van der Waals surface area contributed by atoms with Crippen LogP contribution in [0.1, 0.15) is 5.56 Å². The highest BCUT2D eigenvalue weighted by Gasteiger charge is 2.09. The van der Waals surface area contributed by atoms with E-state index in [0.717, 1.165) is 11.4 Å². The van der Waals surface area contributed by atoms with Gasteiger partial charge in [-0.15, -0.1) is 11.3 Å². The van der Waals surface area contributed by atoms with E-state index in [2.05, 4.69) is 47.4 Å². The first-order valence-corrected chi connectivity index (χ1v) is 7.55. The first-order chi connectivity index (χ1) is 9.88. The predicted molar refractivity (Wildman–Crippen MR) is 85.7 cm³/mol. The quantitative estimate of drug-likeness (QED) is 0.785. The van der Waals surface area contributed by atoms with E-state index in [1.54, 1.807) is 11.3 Å². The van der Waals surface area contributed by atoms with Crippen LogP contribution in [0.15, 0.2) is 60.1 Å². The van der Waals surface area contributed by atoms with E-state index in [1.165, 1.54) is 22.3 Å². The van der Waals surface area contributed by atoms with Gasteiger partial charge in [-0.2, -0.15) is 0 Å². The molecular weight excluding hydrogens is 264 g/mol. The minimum Gasteiger partial charge on any atom is -0.330 e. The van der Waals surface area contributed by atoms with Crippen molar-refractivity contribution >= 4 is 11.3 Å². The number of nitrogens with zero attached hydrogens (tertiary/aromatic N) is 1. The van der Waals surface area contributed by atoms with E-state index in [-0.39, 0.29) is 0 Å². The summed E-state index contributed by atoms with van der Waals surface area (Å²) in [7, 11) is 0. The highest BCUT2D eigenvalue weighted by atomic mass is 32.1. The van der Waals surface area contributed by atoms with Gasteiger partial charge in [-0.1, -0.05) is 42.5 Å². The van der Waals surface area contributed by atoms with Crippen molar-refractivity contribution in [2.75, 3.05) is 6.54 Å². The summed E-state index contributed by atoms with van der Waals surface area (Å²) in [5, 5.41) is 3.07. The van der Waals surface area contributed by atoms with E-state index in [0.29, 0.717) is 6.54 Å². The molecule has 0 aliphatic carbocycles. The average Bonchev–Trinajstić information content (AvgIpc) is 3.03. The number of thiazole rings is 1. The molecule has 3 aromatic rings. The standard InChI is InChI=1S/C17H16N2S/c18-9-8-14-6-7-15(13-4-2-1-3-5-13)12-16(14)17-19-10-11-20-17/h1-7,10-12H,8-9,18H2. The number of nitrogens with two attached hydrogens (primary N) is 1. The molecule has 0 unspecified atom stereocenters. The van der Waals surface area contributed by atoms with E-state index in [1.807, 2.05) is 17.6 Å². The van der Waals surface area contributed by atoms with Gasteiger partial charge in [-0.3, -0.25) is 0 Å². The van der Waals surface area contributed by atoms with Crippen molar-refractivity contribution in [3.63, 3.8) is 0 Å². The fourth-order valence-electron chi connectivity index (χ4n) is 2.32. The lowest BCUT2D eigenvalue weighted by atomic mass is 9.98. The van der Waals surface area contributed by atoms with E-state index in [9.17, 15) is 0 Å². The molecule has 0 atom stereocenters. The molecule has 0 bridgehead atoms. The molecule has 0 radical (unpaired) electrons. The molecule has 3 heteroatoms. The predicted octanol–water partition coefficient (Wildman–Crippen LogP) is 3.98. The summed E-state index contributed by atoms with van der Waals surface area (Å²) in [6, 6.07) is 17.0. The molecule has 0 aliphatic heterocycles. The maximum atomic E-state index is 5.71. The van der Waals surface area contributed by atoms with Gasteiger partial charge in [-0.05, 0) is 35.7 Å². The summed E-state index contributed by atoms with van der Waals surface area (Å²) in [6.07, 6.45) is 2.73. The molecule has 0 spiro atoms. The van der Waals surface area contributed by atoms with Gasteiger partial charge >= 0.3 is 0 Å². The van der Waals surface area contributed by atoms with Crippen molar-refractivity contribution in [3.05, 3.63) is 65.7 Å². The molecule has 100 valence electrons. The minimum atomic E-state index is 0.656. The molecule has 0 aliphatic rings. The van der Waals surface area contributed by atoms with Crippen LogP contribution in [0.4, 0.5) is 0 Å². The van der Waals surface area contributed by atoms with Crippen LogP contribution < -0.4 is 5.73 Å². The third-order valence-corrected chi connectivity index (χ3v) is 4.10. The average molecular weight is 280 g/mol. The zero-order valence-corrected chi connectivity index (χ0v) is 11.9. The molecule has 2 nitrogen and oxygen atoms in total. The number of hydrogen-bond acceptors (Lipinski definition) is 3. The van der Waals surface area contributed by atoms with E-state index in [4.69, 9.17) is 5.73 Å². The second-order valence-corrected chi connectivity index (χ2v) is 5.51. The number of hydrogen-bond donors (Lipinski definition) is 1. The van der Waals surface area contributed by atoms with Gasteiger partial charge in [0.15, 0.2) is 0 Å². The molecule has 0 saturated heterocycles. The lowest BCUT2D eigenvalue weighted by Crippen LogP contribution is -2.04. The van der Waals surface area contributed by atoms with Crippen LogP contribution in [0.3, 0.4) is 0 Å². The largest absolute Gasteiger partial charge is 0.330 e. The smallest absolute Gasteiger partial charge is 0.123 e. The van der Waals surface area contributed by atoms with Gasteiger partial charge in [-0.25, -0.2) is 4.98 Å². The Balaban J connectivity index is 2.10. The van der Waals surface area contributed by atoms with Gasteiger partial charge in [0.2, 0.25) is 0 Å². The first kappa shape index (κ1) is 13.0. The summed E-state index contributed by atoms with van der Waals surface area (Å²) in [5.41, 5.74) is 10.6. The second-order valence-electron chi connectivity index (χ2n) is 4.61. The van der Waals surface area contributed by atoms with Crippen molar-refractivity contribution in [2.45, 2.75) is 6.42 Å². The van der Waals surface area contributed by atoms with Gasteiger partial charge in [0.1, 0.15) is 5.01 Å². The van der Waals surface area contributed by atoms with Crippen molar-refractivity contribution < 1.29 is 0 Å². The molecule has 2 N–H and O–H groups in total. The minimum absolute atomic E-state index is 0.656. The van der Waals surface area contributed by atoms with E-state index < -0.39 is 0 Å². The SMILES string of the molecule is NCCc1ccc(-c2ccccc2)cc1-c1nccs1. The second kappa shape index (κ2) is 5.99. The highest BCUT2D eigenvalue weighted by molar-refractivity contribution is 7.13. The molecule has 0 fully saturated rings. The van der Waals surface area contributed by atoms with Crippen molar-refractivity contribution in [1.82, 2.24) is 4.98 Å². The Morgan fingerprint density at radius 1 is 1.00 bits per heavy atom. The summed E-state index contributed by atoms with van der Waals surface area (Å²) < 4.78 is 0. The molecule has 0 amide bonds. The normalized spacial score (nSPS) is 10.7. The molecule has 1 heterocycles. The summed E-state index contributed by atoms with van der Waals surface area (Å²) >= 11 is 1.67. The van der Waals surface area contributed by atoms with E-state index >= 15 is 0 Å². The summed E-state index contributed by atoms with van der Waals surface area (Å²) in [4.78, 5) is 4.44. The van der Waals surface area contributed by atoms with Gasteiger partial charge in [0.25, 0.3) is 0 Å². The third-order valence-electron chi connectivity index (χ3n) is 3.29. The Bertz CT molecular complexity index is 675. The molecule has 3 rings (SSSR count). The monoisotopic (exact) mass is 280 g/mol. The van der Waals surface area contributed by atoms with Crippen LogP contribution in [-0.2, 0) is 6.42 Å². The fourth-order valence-corrected chi connectivity index (χ4v) is 3.00. The van der Waals surface area contributed by atoms with Crippen molar-refractivity contribution in [3.8, 4) is 21.7 Å². The van der Waals surface area contributed by atoms with Crippen molar-refractivity contribution in [1.29, 1.82) is 0 Å². The number of rotatable bonds is 4. The van der Waals surface area contributed by atoms with Crippen LogP contribution in [0, 0.1) is 0 Å². The van der Waals surface area contributed by atoms with Crippen LogP contribution >= 0.6 is 11.3 Å². The Kier molecular flexibility index (Phi) is 3.90. The molecule has 20 heavy (non-hydrogen) atoms. The van der Waals surface area contributed by atoms with Crippen LogP contribution in [0.2, 0.25) is 0 Å². The van der Waals surface area contributed by atoms with Crippen LogP contribution in [0.5, 0.6) is 0 Å². The maximum absolute atomic E-state index is 5.71. The molecule has 2 aromatic carbocycles.